The van der Waals surface area contributed by atoms with Crippen LogP contribution in [0.5, 0.6) is 0 Å². The molecule has 124 valence electrons. The van der Waals surface area contributed by atoms with Crippen LogP contribution in [0, 0.1) is 11.3 Å². The Morgan fingerprint density at radius 2 is 1.96 bits per heavy atom. The first kappa shape index (κ1) is 15.4. The Hall–Kier alpha value is -3.17. The Kier molecular flexibility index (Phi) is 3.92. The first-order chi connectivity index (χ1) is 12.3. The van der Waals surface area contributed by atoms with Gasteiger partial charge < -0.3 is 9.64 Å². The summed E-state index contributed by atoms with van der Waals surface area (Å²) in [4.78, 5) is 19.7. The molecule has 3 aromatic rings. The summed E-state index contributed by atoms with van der Waals surface area (Å²) in [6, 6.07) is 14.8. The molecule has 0 saturated carbocycles. The van der Waals surface area contributed by atoms with Gasteiger partial charge in [0.15, 0.2) is 0 Å². The number of morpholine rings is 1. The van der Waals surface area contributed by atoms with Crippen LogP contribution in [0.3, 0.4) is 0 Å². The predicted molar refractivity (Wildman–Crippen MR) is 95.1 cm³/mol. The number of hydrogen-bond acceptors (Lipinski definition) is 5. The minimum atomic E-state index is -0.136. The molecular weight excluding hydrogens is 316 g/mol. The van der Waals surface area contributed by atoms with Gasteiger partial charge in [-0.05, 0) is 36.4 Å². The second-order valence-electron chi connectivity index (χ2n) is 5.85. The third-order valence-corrected chi connectivity index (χ3v) is 4.33. The van der Waals surface area contributed by atoms with Crippen molar-refractivity contribution in [1.29, 1.82) is 5.26 Å². The number of hydrogen-bond donors (Lipinski definition) is 0. The van der Waals surface area contributed by atoms with E-state index in [1.54, 1.807) is 29.0 Å². The van der Waals surface area contributed by atoms with Gasteiger partial charge in [0.2, 0.25) is 0 Å². The van der Waals surface area contributed by atoms with Gasteiger partial charge in [0.25, 0.3) is 5.56 Å². The maximum absolute atomic E-state index is 13.2. The van der Waals surface area contributed by atoms with Crippen molar-refractivity contribution < 1.29 is 4.74 Å². The number of ether oxygens (including phenoxy) is 1. The zero-order chi connectivity index (χ0) is 17.2. The minimum absolute atomic E-state index is 0.136. The van der Waals surface area contributed by atoms with Crippen molar-refractivity contribution in [3.63, 3.8) is 0 Å². The second-order valence-corrected chi connectivity index (χ2v) is 5.85. The summed E-state index contributed by atoms with van der Waals surface area (Å²) in [6.45, 7) is 2.57. The van der Waals surface area contributed by atoms with Crippen molar-refractivity contribution in [3.05, 3.63) is 64.6 Å². The molecule has 1 fully saturated rings. The molecule has 2 aromatic heterocycles. The number of anilines is 1. The van der Waals surface area contributed by atoms with Crippen molar-refractivity contribution in [2.24, 2.45) is 0 Å². The lowest BCUT2D eigenvalue weighted by Gasteiger charge is -2.29. The number of pyridine rings is 2. The van der Waals surface area contributed by atoms with Crippen molar-refractivity contribution in [2.75, 3.05) is 31.2 Å². The summed E-state index contributed by atoms with van der Waals surface area (Å²) in [6.07, 6.45) is 1.67. The third-order valence-electron chi connectivity index (χ3n) is 4.33. The van der Waals surface area contributed by atoms with Crippen molar-refractivity contribution in [1.82, 2.24) is 9.55 Å². The van der Waals surface area contributed by atoms with Gasteiger partial charge in [0.1, 0.15) is 11.3 Å². The predicted octanol–water partition coefficient (Wildman–Crippen LogP) is 2.09. The molecule has 3 heterocycles. The average Bonchev–Trinajstić information content (AvgIpc) is 2.68. The van der Waals surface area contributed by atoms with E-state index in [-0.39, 0.29) is 5.56 Å². The molecule has 0 amide bonds. The van der Waals surface area contributed by atoms with Gasteiger partial charge >= 0.3 is 0 Å². The fourth-order valence-electron chi connectivity index (χ4n) is 3.11. The van der Waals surface area contributed by atoms with E-state index in [0.29, 0.717) is 48.9 Å². The maximum atomic E-state index is 13.2. The third kappa shape index (κ3) is 2.75. The number of rotatable bonds is 2. The molecule has 4 rings (SSSR count). The van der Waals surface area contributed by atoms with Crippen molar-refractivity contribution in [2.45, 2.75) is 0 Å². The monoisotopic (exact) mass is 332 g/mol. The van der Waals surface area contributed by atoms with Crippen LogP contribution in [0.15, 0.2) is 53.5 Å². The fraction of sp³-hybridized carbons (Fsp3) is 0.211. The van der Waals surface area contributed by atoms with Crippen LogP contribution in [0.4, 0.5) is 5.69 Å². The maximum Gasteiger partial charge on any atom is 0.280 e. The first-order valence-electron chi connectivity index (χ1n) is 8.12. The van der Waals surface area contributed by atoms with E-state index in [1.165, 1.54) is 0 Å². The zero-order valence-corrected chi connectivity index (χ0v) is 13.6. The van der Waals surface area contributed by atoms with Crippen LogP contribution in [0.2, 0.25) is 0 Å². The van der Waals surface area contributed by atoms with Crippen LogP contribution in [-0.2, 0) is 4.74 Å². The largest absolute Gasteiger partial charge is 0.378 e. The summed E-state index contributed by atoms with van der Waals surface area (Å²) in [7, 11) is 0. The lowest BCUT2D eigenvalue weighted by atomic mass is 10.2. The molecule has 1 saturated heterocycles. The Balaban J connectivity index is 1.99. The standard InChI is InChI=1S/C19H16N4O2/c20-13-14-3-1-5-16(11-14)23-18-15(4-2-6-21-18)12-17(19(23)24)22-7-9-25-10-8-22/h1-6,11-12H,7-10H2. The first-order valence-corrected chi connectivity index (χ1v) is 8.12. The number of fused-ring (bicyclic) bond motifs is 1. The van der Waals surface area contributed by atoms with E-state index >= 15 is 0 Å². The van der Waals surface area contributed by atoms with E-state index in [4.69, 9.17) is 4.74 Å². The number of benzene rings is 1. The van der Waals surface area contributed by atoms with Gasteiger partial charge in [0.05, 0.1) is 30.5 Å². The highest BCUT2D eigenvalue weighted by molar-refractivity contribution is 5.80. The van der Waals surface area contributed by atoms with Crippen LogP contribution in [0.1, 0.15) is 5.56 Å². The van der Waals surface area contributed by atoms with Crippen molar-refractivity contribution >= 4 is 16.7 Å². The fourth-order valence-corrected chi connectivity index (χ4v) is 3.11. The SMILES string of the molecule is N#Cc1cccc(-n2c(=O)c(N3CCOCC3)cc3cccnc32)c1. The van der Waals surface area contributed by atoms with E-state index in [2.05, 4.69) is 11.1 Å². The van der Waals surface area contributed by atoms with E-state index in [1.807, 2.05) is 29.2 Å². The quantitative estimate of drug-likeness (QED) is 0.719. The zero-order valence-electron chi connectivity index (χ0n) is 13.6. The molecular formula is C19H16N4O2. The highest BCUT2D eigenvalue weighted by atomic mass is 16.5. The Labute approximate surface area is 144 Å². The van der Waals surface area contributed by atoms with Gasteiger partial charge in [-0.3, -0.25) is 9.36 Å². The summed E-state index contributed by atoms with van der Waals surface area (Å²) in [5.41, 5.74) is 2.22. The second kappa shape index (κ2) is 6.38. The smallest absolute Gasteiger partial charge is 0.280 e. The van der Waals surface area contributed by atoms with Crippen LogP contribution in [-0.4, -0.2) is 35.9 Å². The summed E-state index contributed by atoms with van der Waals surface area (Å²) in [5, 5.41) is 10.1. The molecule has 1 aliphatic rings. The summed E-state index contributed by atoms with van der Waals surface area (Å²) < 4.78 is 6.98. The molecule has 0 bridgehead atoms. The Morgan fingerprint density at radius 1 is 1.12 bits per heavy atom. The number of nitriles is 1. The molecule has 1 aliphatic heterocycles. The Morgan fingerprint density at radius 3 is 2.76 bits per heavy atom. The average molecular weight is 332 g/mol. The molecule has 0 spiro atoms. The highest BCUT2D eigenvalue weighted by Crippen LogP contribution is 2.21. The van der Waals surface area contributed by atoms with Gasteiger partial charge in [-0.25, -0.2) is 4.98 Å². The molecule has 25 heavy (non-hydrogen) atoms. The molecule has 0 aliphatic carbocycles. The lowest BCUT2D eigenvalue weighted by molar-refractivity contribution is 0.122. The molecule has 0 radical (unpaired) electrons. The highest BCUT2D eigenvalue weighted by Gasteiger charge is 2.19. The van der Waals surface area contributed by atoms with Crippen molar-refractivity contribution in [3.8, 4) is 11.8 Å². The molecule has 0 atom stereocenters. The number of nitrogens with zero attached hydrogens (tertiary/aromatic N) is 4. The topological polar surface area (TPSA) is 71.2 Å². The van der Waals surface area contributed by atoms with Crippen LogP contribution < -0.4 is 10.5 Å². The summed E-state index contributed by atoms with van der Waals surface area (Å²) in [5.74, 6) is 0. The molecule has 6 nitrogen and oxygen atoms in total. The summed E-state index contributed by atoms with van der Waals surface area (Å²) >= 11 is 0. The Bertz CT molecular complexity index is 1030. The molecule has 1 aromatic carbocycles. The van der Waals surface area contributed by atoms with E-state index in [0.717, 1.165) is 5.39 Å². The van der Waals surface area contributed by atoms with E-state index in [9.17, 15) is 10.1 Å². The van der Waals surface area contributed by atoms with Gasteiger partial charge in [-0.2, -0.15) is 5.26 Å². The van der Waals surface area contributed by atoms with Gasteiger partial charge in [-0.1, -0.05) is 6.07 Å². The van der Waals surface area contributed by atoms with Crippen LogP contribution in [0.25, 0.3) is 16.7 Å². The number of aromatic nitrogens is 2. The molecule has 0 unspecified atom stereocenters. The van der Waals surface area contributed by atoms with Crippen LogP contribution >= 0.6 is 0 Å². The minimum Gasteiger partial charge on any atom is -0.378 e. The van der Waals surface area contributed by atoms with Gasteiger partial charge in [0, 0.05) is 24.7 Å². The molecule has 0 N–H and O–H groups in total. The normalized spacial score (nSPS) is 14.4. The molecule has 6 heteroatoms. The lowest BCUT2D eigenvalue weighted by Crippen LogP contribution is -2.40. The van der Waals surface area contributed by atoms with Gasteiger partial charge in [-0.15, -0.1) is 0 Å². The van der Waals surface area contributed by atoms with E-state index < -0.39 is 0 Å².